The van der Waals surface area contributed by atoms with Crippen LogP contribution in [-0.4, -0.2) is 20.5 Å². The van der Waals surface area contributed by atoms with Gasteiger partial charge in [0.05, 0.1) is 11.2 Å². The largest absolute Gasteiger partial charge is 0.591 e. The van der Waals surface area contributed by atoms with Crippen molar-refractivity contribution < 1.29 is 17.7 Å². The van der Waals surface area contributed by atoms with Crippen LogP contribution in [0.2, 0.25) is 5.02 Å². The first-order valence-corrected chi connectivity index (χ1v) is 6.69. The van der Waals surface area contributed by atoms with Crippen LogP contribution in [0.1, 0.15) is 32.0 Å². The molecule has 0 N–H and O–H groups in total. The highest BCUT2D eigenvalue weighted by Gasteiger charge is 2.35. The molecule has 3 nitrogen and oxygen atoms in total. The lowest BCUT2D eigenvalue weighted by Crippen LogP contribution is -2.25. The number of pyridine rings is 1. The summed E-state index contributed by atoms with van der Waals surface area (Å²) >= 11 is 4.01. The molecule has 1 atom stereocenters. The summed E-state index contributed by atoms with van der Waals surface area (Å²) in [7, 11) is 0. The Labute approximate surface area is 117 Å². The fraction of sp³-hybridized carbons (Fsp3) is 0.455. The van der Waals surface area contributed by atoms with Gasteiger partial charge in [0, 0.05) is 11.8 Å². The van der Waals surface area contributed by atoms with Gasteiger partial charge in [0.25, 0.3) is 0 Å². The molecule has 106 valence electrons. The first-order chi connectivity index (χ1) is 8.51. The summed E-state index contributed by atoms with van der Waals surface area (Å²) in [5, 5.41) is -0.516. The highest BCUT2D eigenvalue weighted by atomic mass is 35.5. The van der Waals surface area contributed by atoms with E-state index in [4.69, 9.17) is 11.6 Å². The maximum atomic E-state index is 12.4. The Morgan fingerprint density at radius 2 is 1.95 bits per heavy atom. The number of alkyl halides is 3. The predicted octanol–water partition coefficient (Wildman–Crippen LogP) is 3.63. The Morgan fingerprint density at radius 1 is 1.37 bits per heavy atom. The molecule has 0 aliphatic heterocycles. The van der Waals surface area contributed by atoms with Crippen molar-refractivity contribution in [2.24, 2.45) is 4.40 Å². The van der Waals surface area contributed by atoms with Crippen LogP contribution in [0.5, 0.6) is 0 Å². The molecule has 0 saturated carbocycles. The zero-order valence-corrected chi connectivity index (χ0v) is 12.0. The Hall–Kier alpha value is -0.790. The molecule has 0 aromatic carbocycles. The molecule has 1 heterocycles. The molecule has 0 aliphatic carbocycles. The van der Waals surface area contributed by atoms with Gasteiger partial charge in [-0.1, -0.05) is 16.0 Å². The molecule has 0 amide bonds. The zero-order chi connectivity index (χ0) is 14.8. The number of nitrogens with zero attached hydrogens (tertiary/aromatic N) is 2. The molecule has 0 radical (unpaired) electrons. The van der Waals surface area contributed by atoms with Crippen molar-refractivity contribution >= 4 is 29.2 Å². The van der Waals surface area contributed by atoms with Gasteiger partial charge in [-0.2, -0.15) is 13.2 Å². The van der Waals surface area contributed by atoms with Crippen LogP contribution in [0.3, 0.4) is 0 Å². The Kier molecular flexibility index (Phi) is 4.86. The summed E-state index contributed by atoms with van der Waals surface area (Å²) in [6, 6.07) is 1.08. The second-order valence-corrected chi connectivity index (χ2v) is 7.03. The second kappa shape index (κ2) is 5.68. The molecule has 1 rings (SSSR count). The predicted molar refractivity (Wildman–Crippen MR) is 69.7 cm³/mol. The van der Waals surface area contributed by atoms with E-state index in [1.807, 2.05) is 0 Å². The van der Waals surface area contributed by atoms with Gasteiger partial charge in [0.15, 0.2) is 5.69 Å². The number of hydrogen-bond acceptors (Lipinski definition) is 3. The van der Waals surface area contributed by atoms with E-state index in [9.17, 15) is 17.7 Å². The fourth-order valence-corrected chi connectivity index (χ4v) is 1.81. The van der Waals surface area contributed by atoms with Gasteiger partial charge < -0.3 is 4.55 Å². The minimum absolute atomic E-state index is 0.260. The van der Waals surface area contributed by atoms with E-state index < -0.39 is 33.0 Å². The van der Waals surface area contributed by atoms with E-state index in [0.29, 0.717) is 0 Å². The molecule has 0 aliphatic rings. The van der Waals surface area contributed by atoms with Crippen molar-refractivity contribution in [3.05, 3.63) is 28.5 Å². The van der Waals surface area contributed by atoms with E-state index in [0.717, 1.165) is 12.3 Å². The third kappa shape index (κ3) is 4.67. The summed E-state index contributed by atoms with van der Waals surface area (Å²) in [6.07, 6.45) is -2.42. The summed E-state index contributed by atoms with van der Waals surface area (Å²) in [4.78, 5) is 3.24. The summed E-state index contributed by atoms with van der Waals surface area (Å²) in [6.45, 7) is 5.20. The Morgan fingerprint density at radius 3 is 2.37 bits per heavy atom. The first-order valence-electron chi connectivity index (χ1n) is 5.20. The molecule has 19 heavy (non-hydrogen) atoms. The van der Waals surface area contributed by atoms with Crippen LogP contribution in [0.25, 0.3) is 0 Å². The van der Waals surface area contributed by atoms with Gasteiger partial charge in [0.2, 0.25) is 0 Å². The van der Waals surface area contributed by atoms with Gasteiger partial charge >= 0.3 is 6.18 Å². The average Bonchev–Trinajstić information content (AvgIpc) is 2.22. The fourth-order valence-electron chi connectivity index (χ4n) is 0.999. The molecule has 1 aromatic heterocycles. The maximum absolute atomic E-state index is 12.4. The molecule has 0 bridgehead atoms. The molecule has 0 fully saturated rings. The van der Waals surface area contributed by atoms with E-state index >= 15 is 0 Å². The molecule has 0 saturated heterocycles. The van der Waals surface area contributed by atoms with Gasteiger partial charge in [0.1, 0.15) is 16.1 Å². The molecular weight excluding hydrogens is 301 g/mol. The van der Waals surface area contributed by atoms with Crippen molar-refractivity contribution in [1.29, 1.82) is 0 Å². The highest BCUT2D eigenvalue weighted by molar-refractivity contribution is 7.91. The highest BCUT2D eigenvalue weighted by Crippen LogP contribution is 2.32. The van der Waals surface area contributed by atoms with Crippen LogP contribution < -0.4 is 0 Å². The van der Waals surface area contributed by atoms with E-state index in [1.165, 1.54) is 6.21 Å². The molecule has 1 aromatic rings. The molecule has 1 unspecified atom stereocenters. The van der Waals surface area contributed by atoms with E-state index in [2.05, 4.69) is 9.38 Å². The molecule has 0 spiro atoms. The van der Waals surface area contributed by atoms with Crippen LogP contribution in [0.4, 0.5) is 13.2 Å². The normalized spacial score (nSPS) is 14.9. The van der Waals surface area contributed by atoms with Crippen molar-refractivity contribution in [2.75, 3.05) is 0 Å². The van der Waals surface area contributed by atoms with Gasteiger partial charge in [-0.15, -0.1) is 0 Å². The second-order valence-electron chi connectivity index (χ2n) is 4.69. The van der Waals surface area contributed by atoms with Crippen molar-refractivity contribution in [1.82, 2.24) is 4.98 Å². The smallest absolute Gasteiger partial charge is 0.434 e. The minimum Gasteiger partial charge on any atom is -0.591 e. The van der Waals surface area contributed by atoms with Crippen molar-refractivity contribution in [3.8, 4) is 0 Å². The van der Waals surface area contributed by atoms with Crippen LogP contribution in [0.15, 0.2) is 16.7 Å². The monoisotopic (exact) mass is 312 g/mol. The van der Waals surface area contributed by atoms with Gasteiger partial charge in [-0.05, 0) is 26.8 Å². The lowest BCUT2D eigenvalue weighted by molar-refractivity contribution is -0.141. The van der Waals surface area contributed by atoms with E-state index in [1.54, 1.807) is 20.8 Å². The van der Waals surface area contributed by atoms with Crippen LogP contribution in [-0.2, 0) is 17.5 Å². The van der Waals surface area contributed by atoms with Crippen molar-refractivity contribution in [3.63, 3.8) is 0 Å². The molecule has 8 heteroatoms. The van der Waals surface area contributed by atoms with Crippen LogP contribution in [0, 0.1) is 0 Å². The maximum Gasteiger partial charge on any atom is 0.434 e. The average molecular weight is 313 g/mol. The number of aromatic nitrogens is 1. The third-order valence-corrected chi connectivity index (χ3v) is 3.58. The quantitative estimate of drug-likeness (QED) is 0.618. The third-order valence-electron chi connectivity index (χ3n) is 1.95. The number of hydrogen-bond donors (Lipinski definition) is 0. The van der Waals surface area contributed by atoms with E-state index in [-0.39, 0.29) is 5.56 Å². The lowest BCUT2D eigenvalue weighted by atomic mass is 10.2. The summed E-state index contributed by atoms with van der Waals surface area (Å²) in [5.74, 6) is 0. The Bertz CT molecular complexity index is 486. The van der Waals surface area contributed by atoms with Gasteiger partial charge in [-0.25, -0.2) is 4.98 Å². The number of rotatable bonds is 2. The lowest BCUT2D eigenvalue weighted by Gasteiger charge is -2.17. The van der Waals surface area contributed by atoms with Crippen LogP contribution >= 0.6 is 11.6 Å². The van der Waals surface area contributed by atoms with Gasteiger partial charge in [-0.3, -0.25) is 0 Å². The SMILES string of the molecule is CC(C)(C)[S+]([O-])/N=C/c1cnc(C(F)(F)F)c(Cl)c1. The molecular formula is C11H12ClF3N2OS. The summed E-state index contributed by atoms with van der Waals surface area (Å²) < 4.78 is 52.1. The first kappa shape index (κ1) is 16.3. The minimum atomic E-state index is -4.60. The topological polar surface area (TPSA) is 48.3 Å². The zero-order valence-electron chi connectivity index (χ0n) is 10.5. The summed E-state index contributed by atoms with van der Waals surface area (Å²) in [5.41, 5.74) is -0.890. The Balaban J connectivity index is 2.94. The standard InChI is InChI=1S/C11H12ClF3N2OS/c1-10(2,3)19(18)17-6-7-4-8(12)9(16-5-7)11(13,14)15/h4-6H,1-3H3/b17-6+. The number of halogens is 4. The van der Waals surface area contributed by atoms with Crippen molar-refractivity contribution in [2.45, 2.75) is 31.7 Å².